The Morgan fingerprint density at radius 3 is 1.95 bits per heavy atom. The Hall–Kier alpha value is -4.72. The zero-order chi connectivity index (χ0) is 29.1. The molecule has 3 N–H and O–H groups in total. The molecule has 7 nitrogen and oxygen atoms in total. The Balaban J connectivity index is 1.58. The van der Waals surface area contributed by atoms with Crippen molar-refractivity contribution in [2.45, 2.75) is 13.8 Å². The molecule has 0 heterocycles. The fourth-order valence-corrected chi connectivity index (χ4v) is 4.46. The van der Waals surface area contributed by atoms with E-state index in [0.29, 0.717) is 37.8 Å². The lowest BCUT2D eigenvalue weighted by atomic mass is 10.00. The Kier molecular flexibility index (Phi) is 8.01. The van der Waals surface area contributed by atoms with Crippen LogP contribution in [0.4, 0.5) is 22.7 Å². The summed E-state index contributed by atoms with van der Waals surface area (Å²) in [4.78, 5) is 26.4. The van der Waals surface area contributed by atoms with E-state index in [0.717, 1.165) is 11.1 Å². The number of aryl methyl sites for hydroxylation is 2. The van der Waals surface area contributed by atoms with Crippen LogP contribution in [0.2, 0.25) is 10.0 Å². The van der Waals surface area contributed by atoms with Crippen molar-refractivity contribution in [3.63, 3.8) is 0 Å². The van der Waals surface area contributed by atoms with Crippen molar-refractivity contribution in [3.8, 4) is 5.75 Å². The van der Waals surface area contributed by atoms with Gasteiger partial charge in [-0.05, 0) is 79.9 Å². The number of aromatic hydroxyl groups is 1. The van der Waals surface area contributed by atoms with Crippen LogP contribution in [-0.4, -0.2) is 16.9 Å². The number of benzene rings is 5. The Labute approximate surface area is 246 Å². The lowest BCUT2D eigenvalue weighted by molar-refractivity contribution is 0.101. The lowest BCUT2D eigenvalue weighted by Gasteiger charge is -2.13. The molecule has 0 aromatic heterocycles. The molecule has 0 spiro atoms. The minimum Gasteiger partial charge on any atom is -0.505 e. The molecule has 0 aliphatic rings. The molecule has 0 aliphatic heterocycles. The highest BCUT2D eigenvalue weighted by Crippen LogP contribution is 2.41. The van der Waals surface area contributed by atoms with Gasteiger partial charge in [0.15, 0.2) is 5.75 Å². The maximum absolute atomic E-state index is 13.3. The number of nitrogens with one attached hydrogen (secondary N) is 2. The first-order chi connectivity index (χ1) is 19.7. The van der Waals surface area contributed by atoms with E-state index in [1.165, 1.54) is 12.1 Å². The van der Waals surface area contributed by atoms with Gasteiger partial charge in [0.2, 0.25) is 0 Å². The summed E-state index contributed by atoms with van der Waals surface area (Å²) in [6.45, 7) is 3.91. The zero-order valence-corrected chi connectivity index (χ0v) is 23.6. The van der Waals surface area contributed by atoms with Crippen LogP contribution in [0.5, 0.6) is 5.75 Å². The summed E-state index contributed by atoms with van der Waals surface area (Å²) in [6.07, 6.45) is 0. The summed E-state index contributed by atoms with van der Waals surface area (Å²) in [5.41, 5.74) is 3.96. The van der Waals surface area contributed by atoms with Crippen molar-refractivity contribution in [2.24, 2.45) is 10.2 Å². The Bertz CT molecular complexity index is 1820. The number of carbonyl (C=O) groups excluding carboxylic acids is 2. The number of phenols is 1. The average Bonchev–Trinajstić information content (AvgIpc) is 2.96. The Morgan fingerprint density at radius 2 is 1.32 bits per heavy atom. The largest absolute Gasteiger partial charge is 0.505 e. The van der Waals surface area contributed by atoms with Crippen LogP contribution in [0.15, 0.2) is 101 Å². The van der Waals surface area contributed by atoms with Gasteiger partial charge in [0.05, 0.1) is 10.6 Å². The molecule has 5 aromatic rings. The fraction of sp³-hybridized carbons (Fsp3) is 0.0625. The smallest absolute Gasteiger partial charge is 0.259 e. The fourth-order valence-electron chi connectivity index (χ4n) is 4.13. The molecule has 0 saturated heterocycles. The van der Waals surface area contributed by atoms with Gasteiger partial charge in [-0.2, -0.15) is 0 Å². The zero-order valence-electron chi connectivity index (χ0n) is 22.1. The summed E-state index contributed by atoms with van der Waals surface area (Å²) in [5.74, 6) is -1.26. The predicted octanol–water partition coefficient (Wildman–Crippen LogP) is 9.39. The van der Waals surface area contributed by atoms with Crippen molar-refractivity contribution < 1.29 is 14.7 Å². The molecule has 0 fully saturated rings. The topological polar surface area (TPSA) is 103 Å². The van der Waals surface area contributed by atoms with Gasteiger partial charge in [-0.1, -0.05) is 64.7 Å². The van der Waals surface area contributed by atoms with E-state index in [-0.39, 0.29) is 28.6 Å². The maximum Gasteiger partial charge on any atom is 0.259 e. The molecule has 5 rings (SSSR count). The van der Waals surface area contributed by atoms with Crippen LogP contribution < -0.4 is 10.6 Å². The van der Waals surface area contributed by atoms with Gasteiger partial charge in [-0.15, -0.1) is 10.2 Å². The van der Waals surface area contributed by atoms with Crippen molar-refractivity contribution >= 4 is 68.5 Å². The summed E-state index contributed by atoms with van der Waals surface area (Å²) in [7, 11) is 0. The molecular weight excluding hydrogens is 559 g/mol. The minimum absolute atomic E-state index is 0.0399. The number of azo groups is 1. The number of hydrogen-bond donors (Lipinski definition) is 3. The number of nitrogens with zero attached hydrogens (tertiary/aromatic N) is 2. The first-order valence-corrected chi connectivity index (χ1v) is 13.4. The van der Waals surface area contributed by atoms with Crippen LogP contribution in [0.1, 0.15) is 31.8 Å². The second-order valence-electron chi connectivity index (χ2n) is 9.49. The van der Waals surface area contributed by atoms with E-state index in [1.807, 2.05) is 50.2 Å². The minimum atomic E-state index is -0.556. The first-order valence-electron chi connectivity index (χ1n) is 12.6. The molecule has 2 amide bonds. The standard InChI is InChI=1S/C32H24Cl2N4O3/c1-18-3-9-23(10-4-18)35-31(40)20-7-13-25-21(15-20)16-26(32(41)36-24-11-5-19(2)6-12-24)30(39)29(25)38-37-28-17-22(33)8-14-27(28)34/h3-17,39H,1-2H3,(H,35,40)(H,36,41). The number of amides is 2. The second-order valence-corrected chi connectivity index (χ2v) is 10.3. The first kappa shape index (κ1) is 27.8. The van der Waals surface area contributed by atoms with Crippen molar-refractivity contribution in [3.05, 3.63) is 123 Å². The molecular formula is C32H24Cl2N4O3. The molecule has 204 valence electrons. The van der Waals surface area contributed by atoms with Gasteiger partial charge in [-0.3, -0.25) is 9.59 Å². The molecule has 0 saturated carbocycles. The molecule has 0 unspecified atom stereocenters. The second kappa shape index (κ2) is 11.8. The van der Waals surface area contributed by atoms with Crippen LogP contribution in [0.25, 0.3) is 10.8 Å². The van der Waals surface area contributed by atoms with Crippen LogP contribution in [0.3, 0.4) is 0 Å². The highest BCUT2D eigenvalue weighted by Gasteiger charge is 2.20. The summed E-state index contributed by atoms with van der Waals surface area (Å²) in [5, 5.41) is 27.1. The van der Waals surface area contributed by atoms with E-state index < -0.39 is 5.91 Å². The van der Waals surface area contributed by atoms with Gasteiger partial charge in [0, 0.05) is 27.3 Å². The molecule has 41 heavy (non-hydrogen) atoms. The van der Waals surface area contributed by atoms with Crippen molar-refractivity contribution in [1.29, 1.82) is 0 Å². The predicted molar refractivity (Wildman–Crippen MR) is 165 cm³/mol. The summed E-state index contributed by atoms with van der Waals surface area (Å²) >= 11 is 12.3. The highest BCUT2D eigenvalue weighted by atomic mass is 35.5. The number of anilines is 2. The monoisotopic (exact) mass is 582 g/mol. The normalized spacial score (nSPS) is 11.1. The maximum atomic E-state index is 13.3. The van der Waals surface area contributed by atoms with E-state index in [2.05, 4.69) is 20.9 Å². The third kappa shape index (κ3) is 6.38. The summed E-state index contributed by atoms with van der Waals surface area (Å²) < 4.78 is 0. The van der Waals surface area contributed by atoms with Crippen molar-refractivity contribution in [1.82, 2.24) is 0 Å². The average molecular weight is 583 g/mol. The molecule has 0 radical (unpaired) electrons. The summed E-state index contributed by atoms with van der Waals surface area (Å²) in [6, 6.07) is 25.9. The quantitative estimate of drug-likeness (QED) is 0.174. The molecule has 0 bridgehead atoms. The van der Waals surface area contributed by atoms with E-state index in [9.17, 15) is 14.7 Å². The molecule has 0 atom stereocenters. The molecule has 9 heteroatoms. The van der Waals surface area contributed by atoms with Crippen LogP contribution in [-0.2, 0) is 0 Å². The van der Waals surface area contributed by atoms with Gasteiger partial charge in [-0.25, -0.2) is 0 Å². The van der Waals surface area contributed by atoms with E-state index >= 15 is 0 Å². The van der Waals surface area contributed by atoms with E-state index in [4.69, 9.17) is 23.2 Å². The Morgan fingerprint density at radius 1 is 0.707 bits per heavy atom. The van der Waals surface area contributed by atoms with Crippen LogP contribution >= 0.6 is 23.2 Å². The van der Waals surface area contributed by atoms with Crippen molar-refractivity contribution in [2.75, 3.05) is 10.6 Å². The van der Waals surface area contributed by atoms with Crippen LogP contribution in [0, 0.1) is 13.8 Å². The number of hydrogen-bond acceptors (Lipinski definition) is 5. The number of fused-ring (bicyclic) bond motifs is 1. The van der Waals surface area contributed by atoms with Gasteiger partial charge in [0.25, 0.3) is 11.8 Å². The highest BCUT2D eigenvalue weighted by molar-refractivity contribution is 6.35. The molecule has 0 aliphatic carbocycles. The third-order valence-electron chi connectivity index (χ3n) is 6.38. The molecule has 5 aromatic carbocycles. The number of carbonyl (C=O) groups is 2. The van der Waals surface area contributed by atoms with Gasteiger partial charge in [0.1, 0.15) is 11.4 Å². The van der Waals surface area contributed by atoms with E-state index in [1.54, 1.807) is 42.5 Å². The number of phenolic OH excluding ortho intramolecular Hbond substituents is 1. The van der Waals surface area contributed by atoms with Gasteiger partial charge >= 0.3 is 0 Å². The van der Waals surface area contributed by atoms with Gasteiger partial charge < -0.3 is 15.7 Å². The third-order valence-corrected chi connectivity index (χ3v) is 6.93. The lowest BCUT2D eigenvalue weighted by Crippen LogP contribution is -2.13. The number of rotatable bonds is 6. The SMILES string of the molecule is Cc1ccc(NC(=O)c2ccc3c(N=Nc4cc(Cl)ccc4Cl)c(O)c(C(=O)Nc4ccc(C)cc4)cc3c2)cc1. The number of halogens is 2.